The summed E-state index contributed by atoms with van der Waals surface area (Å²) in [6, 6.07) is 16.6. The molecule has 0 aromatic heterocycles. The molecule has 0 saturated carbocycles. The van der Waals surface area contributed by atoms with Gasteiger partial charge in [-0.3, -0.25) is 14.5 Å². The van der Waals surface area contributed by atoms with E-state index in [4.69, 9.17) is 4.84 Å². The molecule has 0 radical (unpaired) electrons. The molecule has 2 amide bonds. The van der Waals surface area contributed by atoms with Crippen molar-refractivity contribution < 1.29 is 14.4 Å². The maximum atomic E-state index is 12.1. The van der Waals surface area contributed by atoms with Gasteiger partial charge >= 0.3 is 0 Å². The van der Waals surface area contributed by atoms with Crippen LogP contribution in [0.25, 0.3) is 0 Å². The molecule has 0 bridgehead atoms. The normalized spacial score (nSPS) is 13.7. The first-order valence-electron chi connectivity index (χ1n) is 7.40. The Morgan fingerprint density at radius 3 is 2.17 bits per heavy atom. The van der Waals surface area contributed by atoms with E-state index in [1.807, 2.05) is 30.3 Å². The lowest BCUT2D eigenvalue weighted by Crippen LogP contribution is -2.30. The number of rotatable bonds is 6. The fourth-order valence-electron chi connectivity index (χ4n) is 2.42. The van der Waals surface area contributed by atoms with E-state index in [2.05, 4.69) is 5.16 Å². The van der Waals surface area contributed by atoms with Crippen molar-refractivity contribution in [2.45, 2.75) is 13.0 Å². The Kier molecular flexibility index (Phi) is 4.47. The fourth-order valence-corrected chi connectivity index (χ4v) is 2.42. The second-order valence-corrected chi connectivity index (χ2v) is 5.14. The first-order valence-corrected chi connectivity index (χ1v) is 7.40. The molecule has 5 heteroatoms. The van der Waals surface area contributed by atoms with Gasteiger partial charge in [0.25, 0.3) is 11.8 Å². The molecule has 1 heterocycles. The summed E-state index contributed by atoms with van der Waals surface area (Å²) in [6.07, 6.45) is 2.03. The van der Waals surface area contributed by atoms with E-state index < -0.39 is 0 Å². The average molecular weight is 308 g/mol. The van der Waals surface area contributed by atoms with Gasteiger partial charge in [-0.25, -0.2) is 0 Å². The summed E-state index contributed by atoms with van der Waals surface area (Å²) in [5.41, 5.74) is 1.97. The van der Waals surface area contributed by atoms with Crippen molar-refractivity contribution in [1.82, 2.24) is 4.90 Å². The highest BCUT2D eigenvalue weighted by Gasteiger charge is 2.34. The van der Waals surface area contributed by atoms with Gasteiger partial charge in [-0.05, 0) is 17.7 Å². The highest BCUT2D eigenvalue weighted by Crippen LogP contribution is 2.22. The molecular formula is C18H16N2O3. The van der Waals surface area contributed by atoms with Gasteiger partial charge in [0.15, 0.2) is 0 Å². The molecule has 0 atom stereocenters. The number of benzene rings is 2. The molecule has 116 valence electrons. The minimum Gasteiger partial charge on any atom is -0.391 e. The number of hydrogen-bond donors (Lipinski definition) is 0. The van der Waals surface area contributed by atoms with Gasteiger partial charge in [0.05, 0.1) is 11.1 Å². The zero-order valence-electron chi connectivity index (χ0n) is 12.5. The van der Waals surface area contributed by atoms with Gasteiger partial charge in [-0.2, -0.15) is 0 Å². The number of carbonyl (C=O) groups is 2. The maximum absolute atomic E-state index is 12.1. The molecule has 0 spiro atoms. The van der Waals surface area contributed by atoms with E-state index >= 15 is 0 Å². The number of hydrogen-bond acceptors (Lipinski definition) is 4. The number of amides is 2. The molecular weight excluding hydrogens is 292 g/mol. The smallest absolute Gasteiger partial charge is 0.261 e. The molecule has 0 unspecified atom stereocenters. The molecule has 23 heavy (non-hydrogen) atoms. The van der Waals surface area contributed by atoms with E-state index in [1.54, 1.807) is 30.5 Å². The SMILES string of the molecule is O=C1c2ccccc2C(=O)N1CC/C=N/OCc1ccccc1. The quantitative estimate of drug-likeness (QED) is 0.468. The van der Waals surface area contributed by atoms with Crippen LogP contribution in [0.1, 0.15) is 32.7 Å². The van der Waals surface area contributed by atoms with Gasteiger partial charge in [0.1, 0.15) is 6.61 Å². The van der Waals surface area contributed by atoms with Crippen molar-refractivity contribution in [3.63, 3.8) is 0 Å². The molecule has 2 aromatic rings. The van der Waals surface area contributed by atoms with Crippen molar-refractivity contribution >= 4 is 18.0 Å². The third-order valence-electron chi connectivity index (χ3n) is 3.58. The summed E-state index contributed by atoms with van der Waals surface area (Å²) >= 11 is 0. The van der Waals surface area contributed by atoms with E-state index in [0.29, 0.717) is 30.7 Å². The Bertz CT molecular complexity index is 706. The zero-order chi connectivity index (χ0) is 16.1. The van der Waals surface area contributed by atoms with Gasteiger partial charge < -0.3 is 4.84 Å². The maximum Gasteiger partial charge on any atom is 0.261 e. The monoisotopic (exact) mass is 308 g/mol. The minimum absolute atomic E-state index is 0.246. The molecule has 1 aliphatic heterocycles. The number of oxime groups is 1. The van der Waals surface area contributed by atoms with Crippen LogP contribution in [0.2, 0.25) is 0 Å². The largest absolute Gasteiger partial charge is 0.391 e. The summed E-state index contributed by atoms with van der Waals surface area (Å²) in [7, 11) is 0. The Hall–Kier alpha value is -2.95. The molecule has 0 saturated heterocycles. The Morgan fingerprint density at radius 1 is 0.913 bits per heavy atom. The van der Waals surface area contributed by atoms with Crippen molar-refractivity contribution in [3.05, 3.63) is 71.3 Å². The fraction of sp³-hybridized carbons (Fsp3) is 0.167. The predicted molar refractivity (Wildman–Crippen MR) is 86.1 cm³/mol. The van der Waals surface area contributed by atoms with Crippen LogP contribution in [0, 0.1) is 0 Å². The van der Waals surface area contributed by atoms with Crippen LogP contribution in [0.5, 0.6) is 0 Å². The van der Waals surface area contributed by atoms with Crippen LogP contribution in [-0.4, -0.2) is 29.5 Å². The summed E-state index contributed by atoms with van der Waals surface area (Å²) in [6.45, 7) is 0.689. The van der Waals surface area contributed by atoms with Crippen LogP contribution in [0.3, 0.4) is 0 Å². The van der Waals surface area contributed by atoms with Crippen molar-refractivity contribution in [2.24, 2.45) is 5.16 Å². The Balaban J connectivity index is 1.47. The third kappa shape index (κ3) is 3.29. The van der Waals surface area contributed by atoms with Gasteiger partial charge in [0, 0.05) is 19.2 Å². The van der Waals surface area contributed by atoms with E-state index in [-0.39, 0.29) is 11.8 Å². The lowest BCUT2D eigenvalue weighted by Gasteiger charge is -2.11. The summed E-state index contributed by atoms with van der Waals surface area (Å²) in [4.78, 5) is 30.7. The molecule has 0 aliphatic carbocycles. The molecule has 1 aliphatic rings. The second-order valence-electron chi connectivity index (χ2n) is 5.14. The van der Waals surface area contributed by atoms with Crippen LogP contribution < -0.4 is 0 Å². The lowest BCUT2D eigenvalue weighted by atomic mass is 10.1. The molecule has 0 fully saturated rings. The standard InChI is InChI=1S/C18H16N2O3/c21-17-15-9-4-5-10-16(15)18(22)20(17)12-6-11-19-23-13-14-7-2-1-3-8-14/h1-5,7-11H,6,12-13H2/b19-11+. The molecule has 5 nitrogen and oxygen atoms in total. The first kappa shape index (κ1) is 15.0. The van der Waals surface area contributed by atoms with Crippen LogP contribution in [0.4, 0.5) is 0 Å². The van der Waals surface area contributed by atoms with E-state index in [9.17, 15) is 9.59 Å². The van der Waals surface area contributed by atoms with Gasteiger partial charge in [-0.15, -0.1) is 0 Å². The second kappa shape index (κ2) is 6.87. The topological polar surface area (TPSA) is 59.0 Å². The number of nitrogens with zero attached hydrogens (tertiary/aromatic N) is 2. The van der Waals surface area contributed by atoms with E-state index in [0.717, 1.165) is 5.56 Å². The van der Waals surface area contributed by atoms with Crippen molar-refractivity contribution in [2.75, 3.05) is 6.54 Å². The van der Waals surface area contributed by atoms with Crippen molar-refractivity contribution in [1.29, 1.82) is 0 Å². The summed E-state index contributed by atoms with van der Waals surface area (Å²) in [5, 5.41) is 3.85. The van der Waals surface area contributed by atoms with Crippen LogP contribution >= 0.6 is 0 Å². The Labute approximate surface area is 134 Å². The zero-order valence-corrected chi connectivity index (χ0v) is 12.5. The van der Waals surface area contributed by atoms with E-state index in [1.165, 1.54) is 4.90 Å². The first-order chi connectivity index (χ1) is 11.3. The van der Waals surface area contributed by atoms with Crippen LogP contribution in [-0.2, 0) is 11.4 Å². The minimum atomic E-state index is -0.246. The Morgan fingerprint density at radius 2 is 1.52 bits per heavy atom. The summed E-state index contributed by atoms with van der Waals surface area (Å²) < 4.78 is 0. The predicted octanol–water partition coefficient (Wildman–Crippen LogP) is 2.88. The molecule has 0 N–H and O–H groups in total. The number of fused-ring (bicyclic) bond motifs is 1. The van der Waals surface area contributed by atoms with Crippen LogP contribution in [0.15, 0.2) is 59.8 Å². The third-order valence-corrected chi connectivity index (χ3v) is 3.58. The molecule has 3 rings (SSSR count). The summed E-state index contributed by atoms with van der Waals surface area (Å²) in [5.74, 6) is -0.492. The van der Waals surface area contributed by atoms with Gasteiger partial charge in [0.2, 0.25) is 0 Å². The van der Waals surface area contributed by atoms with Gasteiger partial charge in [-0.1, -0.05) is 47.6 Å². The highest BCUT2D eigenvalue weighted by atomic mass is 16.6. The lowest BCUT2D eigenvalue weighted by molar-refractivity contribution is 0.0658. The average Bonchev–Trinajstić information content (AvgIpc) is 2.84. The molecule has 2 aromatic carbocycles. The number of imide groups is 1. The van der Waals surface area contributed by atoms with Crippen molar-refractivity contribution in [3.8, 4) is 0 Å². The number of carbonyl (C=O) groups excluding carboxylic acids is 2. The highest BCUT2D eigenvalue weighted by molar-refractivity contribution is 6.21.